The van der Waals surface area contributed by atoms with Crippen molar-refractivity contribution < 1.29 is 22.6 Å². The van der Waals surface area contributed by atoms with Crippen LogP contribution in [0.5, 0.6) is 11.5 Å². The fourth-order valence-electron chi connectivity index (χ4n) is 1.64. The van der Waals surface area contributed by atoms with Crippen LogP contribution in [0, 0.1) is 0 Å². The molecule has 3 nitrogen and oxygen atoms in total. The van der Waals surface area contributed by atoms with Gasteiger partial charge in [0.15, 0.2) is 0 Å². The second-order valence-electron chi connectivity index (χ2n) is 3.75. The molecule has 0 radical (unpaired) electrons. The Morgan fingerprint density at radius 3 is 2.16 bits per heavy atom. The minimum absolute atomic E-state index is 0.0874. The van der Waals surface area contributed by atoms with E-state index in [-0.39, 0.29) is 11.9 Å². The van der Waals surface area contributed by atoms with E-state index < -0.39 is 6.36 Å². The van der Waals surface area contributed by atoms with E-state index in [1.807, 2.05) is 13.8 Å². The summed E-state index contributed by atoms with van der Waals surface area (Å²) in [6, 6.07) is 5.43. The lowest BCUT2D eigenvalue weighted by Crippen LogP contribution is -2.19. The smallest absolute Gasteiger partial charge is 0.489 e. The standard InChI is InChI=1S/C11H12F3NO2.C2H6/c12-11(13,14)17-9-3-1-8(2-4-9)16-10-5-6-15-7-10;1-2/h1-4,10,15H,5-7H2;1-2H3. The first-order chi connectivity index (χ1) is 9.03. The van der Waals surface area contributed by atoms with Crippen LogP contribution in [-0.2, 0) is 0 Å². The molecule has 0 bridgehead atoms. The molecular weight excluding hydrogens is 259 g/mol. The van der Waals surface area contributed by atoms with Crippen molar-refractivity contribution in [3.8, 4) is 11.5 Å². The molecule has 1 heterocycles. The molecular formula is C13H18F3NO2. The predicted octanol–water partition coefficient (Wildman–Crippen LogP) is 3.35. The summed E-state index contributed by atoms with van der Waals surface area (Å²) in [6.07, 6.45) is -3.66. The second kappa shape index (κ2) is 7.23. The Morgan fingerprint density at radius 2 is 1.68 bits per heavy atom. The van der Waals surface area contributed by atoms with Gasteiger partial charge < -0.3 is 14.8 Å². The molecule has 1 aromatic rings. The van der Waals surface area contributed by atoms with Crippen molar-refractivity contribution in [3.63, 3.8) is 0 Å². The summed E-state index contributed by atoms with van der Waals surface area (Å²) >= 11 is 0. The van der Waals surface area contributed by atoms with Crippen LogP contribution in [0.3, 0.4) is 0 Å². The van der Waals surface area contributed by atoms with Gasteiger partial charge in [0.25, 0.3) is 0 Å². The lowest BCUT2D eigenvalue weighted by Gasteiger charge is -2.13. The second-order valence-corrected chi connectivity index (χ2v) is 3.75. The van der Waals surface area contributed by atoms with Gasteiger partial charge >= 0.3 is 6.36 Å². The Labute approximate surface area is 110 Å². The Bertz CT molecular complexity index is 359. The minimum atomic E-state index is -4.66. The fraction of sp³-hybridized carbons (Fsp3) is 0.538. The van der Waals surface area contributed by atoms with E-state index in [2.05, 4.69) is 10.1 Å². The summed E-state index contributed by atoms with van der Waals surface area (Å²) in [6.45, 7) is 5.67. The summed E-state index contributed by atoms with van der Waals surface area (Å²) in [7, 11) is 0. The number of hydrogen-bond acceptors (Lipinski definition) is 3. The highest BCUT2D eigenvalue weighted by atomic mass is 19.4. The average Bonchev–Trinajstić information content (AvgIpc) is 2.85. The Hall–Kier alpha value is -1.43. The van der Waals surface area contributed by atoms with Gasteiger partial charge in [-0.1, -0.05) is 13.8 Å². The van der Waals surface area contributed by atoms with E-state index in [0.717, 1.165) is 19.5 Å². The van der Waals surface area contributed by atoms with Gasteiger partial charge in [0.1, 0.15) is 17.6 Å². The van der Waals surface area contributed by atoms with Gasteiger partial charge in [-0.25, -0.2) is 0 Å². The predicted molar refractivity (Wildman–Crippen MR) is 66.4 cm³/mol. The van der Waals surface area contributed by atoms with Crippen molar-refractivity contribution in [2.75, 3.05) is 13.1 Å². The first-order valence-electron chi connectivity index (χ1n) is 6.26. The Kier molecular flexibility index (Phi) is 5.95. The highest BCUT2D eigenvalue weighted by molar-refractivity contribution is 5.31. The van der Waals surface area contributed by atoms with Gasteiger partial charge in [-0.15, -0.1) is 13.2 Å². The molecule has 1 aromatic carbocycles. The van der Waals surface area contributed by atoms with Crippen LogP contribution in [0.4, 0.5) is 13.2 Å². The third kappa shape index (κ3) is 5.83. The number of halogens is 3. The van der Waals surface area contributed by atoms with Gasteiger partial charge in [-0.05, 0) is 37.2 Å². The summed E-state index contributed by atoms with van der Waals surface area (Å²) in [4.78, 5) is 0. The number of hydrogen-bond donors (Lipinski definition) is 1. The third-order valence-corrected chi connectivity index (χ3v) is 2.38. The van der Waals surface area contributed by atoms with Crippen molar-refractivity contribution in [1.29, 1.82) is 0 Å². The van der Waals surface area contributed by atoms with E-state index in [0.29, 0.717) is 5.75 Å². The zero-order valence-corrected chi connectivity index (χ0v) is 11.0. The molecule has 2 rings (SSSR count). The Morgan fingerprint density at radius 1 is 1.11 bits per heavy atom. The molecule has 19 heavy (non-hydrogen) atoms. The third-order valence-electron chi connectivity index (χ3n) is 2.38. The minimum Gasteiger partial charge on any atom is -0.489 e. The van der Waals surface area contributed by atoms with E-state index in [1.165, 1.54) is 24.3 Å². The molecule has 1 aliphatic heterocycles. The van der Waals surface area contributed by atoms with Gasteiger partial charge in [0.2, 0.25) is 0 Å². The first-order valence-corrected chi connectivity index (χ1v) is 6.26. The lowest BCUT2D eigenvalue weighted by molar-refractivity contribution is -0.274. The molecule has 0 aliphatic carbocycles. The normalized spacial score (nSPS) is 18.5. The molecule has 0 aromatic heterocycles. The van der Waals surface area contributed by atoms with Gasteiger partial charge in [0.05, 0.1) is 0 Å². The van der Waals surface area contributed by atoms with Crippen LogP contribution in [0.1, 0.15) is 20.3 Å². The van der Waals surface area contributed by atoms with Crippen molar-refractivity contribution in [2.45, 2.75) is 32.7 Å². The van der Waals surface area contributed by atoms with Crippen LogP contribution in [0.25, 0.3) is 0 Å². The molecule has 1 atom stereocenters. The van der Waals surface area contributed by atoms with Crippen LogP contribution in [-0.4, -0.2) is 25.6 Å². The number of nitrogens with one attached hydrogen (secondary N) is 1. The molecule has 0 saturated carbocycles. The summed E-state index contributed by atoms with van der Waals surface area (Å²) in [5, 5.41) is 3.14. The maximum atomic E-state index is 11.9. The van der Waals surface area contributed by atoms with Gasteiger partial charge in [-0.2, -0.15) is 0 Å². The maximum Gasteiger partial charge on any atom is 0.573 e. The number of ether oxygens (including phenoxy) is 2. The van der Waals surface area contributed by atoms with E-state index in [9.17, 15) is 13.2 Å². The molecule has 1 aliphatic rings. The monoisotopic (exact) mass is 277 g/mol. The van der Waals surface area contributed by atoms with E-state index in [4.69, 9.17) is 4.74 Å². The molecule has 6 heteroatoms. The molecule has 1 fully saturated rings. The number of rotatable bonds is 3. The summed E-state index contributed by atoms with van der Waals surface area (Å²) < 4.78 is 45.0. The van der Waals surface area contributed by atoms with Gasteiger partial charge in [-0.3, -0.25) is 0 Å². The molecule has 1 unspecified atom stereocenters. The number of benzene rings is 1. The Balaban J connectivity index is 0.000000861. The first kappa shape index (κ1) is 15.6. The average molecular weight is 277 g/mol. The highest BCUT2D eigenvalue weighted by Gasteiger charge is 2.31. The van der Waals surface area contributed by atoms with Crippen LogP contribution >= 0.6 is 0 Å². The van der Waals surface area contributed by atoms with E-state index in [1.54, 1.807) is 0 Å². The quantitative estimate of drug-likeness (QED) is 0.919. The molecule has 1 saturated heterocycles. The topological polar surface area (TPSA) is 30.5 Å². The summed E-state index contributed by atoms with van der Waals surface area (Å²) in [5.41, 5.74) is 0. The molecule has 1 N–H and O–H groups in total. The van der Waals surface area contributed by atoms with E-state index >= 15 is 0 Å². The zero-order valence-electron chi connectivity index (χ0n) is 11.0. The SMILES string of the molecule is CC.FC(F)(F)Oc1ccc(OC2CCNC2)cc1. The van der Waals surface area contributed by atoms with Crippen molar-refractivity contribution in [1.82, 2.24) is 5.32 Å². The molecule has 0 spiro atoms. The van der Waals surface area contributed by atoms with Crippen molar-refractivity contribution in [3.05, 3.63) is 24.3 Å². The van der Waals surface area contributed by atoms with Gasteiger partial charge in [0, 0.05) is 6.54 Å². The maximum absolute atomic E-state index is 11.9. The number of alkyl halides is 3. The van der Waals surface area contributed by atoms with Crippen LogP contribution in [0.2, 0.25) is 0 Å². The van der Waals surface area contributed by atoms with Crippen molar-refractivity contribution in [2.24, 2.45) is 0 Å². The zero-order chi connectivity index (χ0) is 14.3. The molecule has 108 valence electrons. The fourth-order valence-corrected chi connectivity index (χ4v) is 1.64. The summed E-state index contributed by atoms with van der Waals surface area (Å²) in [5.74, 6) is 0.308. The van der Waals surface area contributed by atoms with Crippen LogP contribution < -0.4 is 14.8 Å². The highest BCUT2D eigenvalue weighted by Crippen LogP contribution is 2.25. The van der Waals surface area contributed by atoms with Crippen molar-refractivity contribution >= 4 is 0 Å². The molecule has 0 amide bonds. The van der Waals surface area contributed by atoms with Crippen LogP contribution in [0.15, 0.2) is 24.3 Å². The lowest BCUT2D eigenvalue weighted by atomic mass is 10.3. The largest absolute Gasteiger partial charge is 0.573 e.